The van der Waals surface area contributed by atoms with E-state index >= 15 is 0 Å². The summed E-state index contributed by atoms with van der Waals surface area (Å²) in [6.07, 6.45) is 0.573. The molecule has 2 amide bonds. The Morgan fingerprint density at radius 3 is 2.62 bits per heavy atom. The Labute approximate surface area is 173 Å². The van der Waals surface area contributed by atoms with Gasteiger partial charge in [-0.15, -0.1) is 0 Å². The van der Waals surface area contributed by atoms with Crippen molar-refractivity contribution < 1.29 is 22.7 Å². The number of fused-ring (bicyclic) bond motifs is 1. The lowest BCUT2D eigenvalue weighted by Gasteiger charge is -2.11. The minimum absolute atomic E-state index is 0.165. The number of hydrogen-bond donors (Lipinski definition) is 2. The first-order valence-electron chi connectivity index (χ1n) is 9.05. The molecule has 1 aliphatic rings. The number of anilines is 1. The predicted molar refractivity (Wildman–Crippen MR) is 108 cm³/mol. The number of hydrogen-bond acceptors (Lipinski definition) is 6. The molecule has 0 spiro atoms. The highest BCUT2D eigenvalue weighted by molar-refractivity contribution is 7.90. The summed E-state index contributed by atoms with van der Waals surface area (Å²) in [5.74, 6) is -2.02. The number of carbonyl (C=O) groups is 2. The molecule has 0 unspecified atom stereocenters. The summed E-state index contributed by atoms with van der Waals surface area (Å²) >= 11 is 5.92. The normalized spacial score (nSPS) is 14.4. The van der Waals surface area contributed by atoms with Gasteiger partial charge < -0.3 is 15.4 Å². The van der Waals surface area contributed by atoms with Gasteiger partial charge in [0.1, 0.15) is 5.82 Å². The molecule has 2 N–H and O–H groups in total. The molecule has 2 aromatic rings. The van der Waals surface area contributed by atoms with Gasteiger partial charge in [-0.2, -0.15) is 5.10 Å². The Hall–Kier alpha value is -2.43. The van der Waals surface area contributed by atoms with Crippen LogP contribution in [0.1, 0.15) is 24.6 Å². The molecule has 0 aliphatic carbocycles. The fraction of sp³-hybridized carbons (Fsp3) is 0.389. The van der Waals surface area contributed by atoms with E-state index in [1.165, 1.54) is 4.68 Å². The summed E-state index contributed by atoms with van der Waals surface area (Å²) in [6.45, 7) is 3.22. The van der Waals surface area contributed by atoms with Gasteiger partial charge in [0.05, 0.1) is 22.9 Å². The highest BCUT2D eigenvalue weighted by atomic mass is 35.5. The van der Waals surface area contributed by atoms with Crippen molar-refractivity contribution >= 4 is 39.1 Å². The first kappa shape index (κ1) is 21.3. The highest BCUT2D eigenvalue weighted by Gasteiger charge is 2.33. The summed E-state index contributed by atoms with van der Waals surface area (Å²) in [5.41, 5.74) is 1.32. The zero-order valence-corrected chi connectivity index (χ0v) is 17.3. The molecular weight excluding hydrogens is 420 g/mol. The SMILES string of the molecule is CCOCCCNC(=O)C(=O)Nc1c2c(nn1-c1ccc(Cl)cc1)CS(=O)(=O)C2. The molecule has 0 radical (unpaired) electrons. The highest BCUT2D eigenvalue weighted by Crippen LogP contribution is 2.33. The molecule has 156 valence electrons. The van der Waals surface area contributed by atoms with E-state index in [-0.39, 0.29) is 23.9 Å². The molecule has 0 atom stereocenters. The van der Waals surface area contributed by atoms with Gasteiger partial charge in [-0.1, -0.05) is 11.6 Å². The maximum absolute atomic E-state index is 12.4. The minimum atomic E-state index is -3.33. The van der Waals surface area contributed by atoms with Crippen molar-refractivity contribution in [3.63, 3.8) is 0 Å². The average molecular weight is 441 g/mol. The van der Waals surface area contributed by atoms with E-state index in [0.29, 0.717) is 41.6 Å². The topological polar surface area (TPSA) is 119 Å². The van der Waals surface area contributed by atoms with Gasteiger partial charge >= 0.3 is 11.8 Å². The fourth-order valence-electron chi connectivity index (χ4n) is 2.91. The molecule has 9 nitrogen and oxygen atoms in total. The molecular formula is C18H21ClN4O5S. The van der Waals surface area contributed by atoms with Crippen LogP contribution in [0.15, 0.2) is 24.3 Å². The van der Waals surface area contributed by atoms with E-state index in [0.717, 1.165) is 0 Å². The standard InChI is InChI=1S/C18H21ClN4O5S/c1-2-28-9-3-8-20-17(24)18(25)21-16-14-10-29(26,27)11-15(14)22-23(16)13-6-4-12(19)5-7-13/h4-7H,2-3,8-11H2,1H3,(H,20,24)(H,21,25). The molecule has 0 saturated carbocycles. The van der Waals surface area contributed by atoms with E-state index in [9.17, 15) is 18.0 Å². The van der Waals surface area contributed by atoms with Crippen LogP contribution in [0.5, 0.6) is 0 Å². The van der Waals surface area contributed by atoms with Crippen molar-refractivity contribution in [2.45, 2.75) is 24.9 Å². The third-order valence-electron chi connectivity index (χ3n) is 4.25. The Kier molecular flexibility index (Phi) is 6.56. The maximum Gasteiger partial charge on any atom is 0.314 e. The lowest BCUT2D eigenvalue weighted by atomic mass is 10.2. The lowest BCUT2D eigenvalue weighted by Crippen LogP contribution is -2.36. The molecule has 0 bridgehead atoms. The van der Waals surface area contributed by atoms with E-state index in [1.54, 1.807) is 24.3 Å². The Bertz CT molecular complexity index is 1020. The smallest absolute Gasteiger partial charge is 0.314 e. The third kappa shape index (κ3) is 5.14. The summed E-state index contributed by atoms with van der Waals surface area (Å²) in [5, 5.41) is 9.87. The Morgan fingerprint density at radius 1 is 1.21 bits per heavy atom. The van der Waals surface area contributed by atoms with Crippen LogP contribution in [0.2, 0.25) is 5.02 Å². The second-order valence-corrected chi connectivity index (χ2v) is 8.96. The maximum atomic E-state index is 12.4. The van der Waals surface area contributed by atoms with Crippen molar-refractivity contribution in [1.29, 1.82) is 0 Å². The van der Waals surface area contributed by atoms with Crippen molar-refractivity contribution in [2.24, 2.45) is 0 Å². The van der Waals surface area contributed by atoms with Crippen molar-refractivity contribution in [3.8, 4) is 5.69 Å². The Balaban J connectivity index is 1.79. The zero-order valence-electron chi connectivity index (χ0n) is 15.8. The average Bonchev–Trinajstić information content (AvgIpc) is 3.14. The molecule has 0 fully saturated rings. The third-order valence-corrected chi connectivity index (χ3v) is 5.95. The largest absolute Gasteiger partial charge is 0.382 e. The molecule has 0 saturated heterocycles. The number of nitrogens with zero attached hydrogens (tertiary/aromatic N) is 2. The van der Waals surface area contributed by atoms with Crippen molar-refractivity contribution in [3.05, 3.63) is 40.5 Å². The van der Waals surface area contributed by atoms with E-state index in [1.807, 2.05) is 6.92 Å². The monoisotopic (exact) mass is 440 g/mol. The van der Waals surface area contributed by atoms with E-state index in [2.05, 4.69) is 15.7 Å². The van der Waals surface area contributed by atoms with Crippen LogP contribution in [-0.4, -0.2) is 49.8 Å². The summed E-state index contributed by atoms with van der Waals surface area (Å²) in [4.78, 5) is 24.5. The van der Waals surface area contributed by atoms with Gasteiger partial charge in [0.2, 0.25) is 0 Å². The molecule has 1 aliphatic heterocycles. The van der Waals surface area contributed by atoms with Gasteiger partial charge in [0.25, 0.3) is 0 Å². The molecule has 29 heavy (non-hydrogen) atoms. The number of halogens is 1. The number of aromatic nitrogens is 2. The predicted octanol–water partition coefficient (Wildman–Crippen LogP) is 1.44. The van der Waals surface area contributed by atoms with Crippen LogP contribution in [0.25, 0.3) is 5.69 Å². The number of carbonyl (C=O) groups excluding carboxylic acids is 2. The van der Waals surface area contributed by atoms with Crippen molar-refractivity contribution in [2.75, 3.05) is 25.1 Å². The second-order valence-electron chi connectivity index (χ2n) is 6.45. The molecule has 11 heteroatoms. The van der Waals surface area contributed by atoms with Crippen LogP contribution in [0, 0.1) is 0 Å². The second kappa shape index (κ2) is 8.93. The van der Waals surface area contributed by atoms with Gasteiger partial charge in [0.15, 0.2) is 9.84 Å². The molecule has 1 aromatic carbocycles. The summed E-state index contributed by atoms with van der Waals surface area (Å²) < 4.78 is 30.5. The zero-order chi connectivity index (χ0) is 21.0. The van der Waals surface area contributed by atoms with E-state index < -0.39 is 21.7 Å². The molecule has 2 heterocycles. The molecule has 1 aromatic heterocycles. The van der Waals surface area contributed by atoms with Crippen molar-refractivity contribution in [1.82, 2.24) is 15.1 Å². The van der Waals surface area contributed by atoms with Gasteiger partial charge in [-0.25, -0.2) is 13.1 Å². The summed E-state index contributed by atoms with van der Waals surface area (Å²) in [7, 11) is -3.33. The number of ether oxygens (including phenoxy) is 1. The number of benzene rings is 1. The minimum Gasteiger partial charge on any atom is -0.382 e. The summed E-state index contributed by atoms with van der Waals surface area (Å²) in [6, 6.07) is 6.67. The number of nitrogens with one attached hydrogen (secondary N) is 2. The lowest BCUT2D eigenvalue weighted by molar-refractivity contribution is -0.136. The van der Waals surface area contributed by atoms with Crippen LogP contribution < -0.4 is 10.6 Å². The van der Waals surface area contributed by atoms with E-state index in [4.69, 9.17) is 16.3 Å². The van der Waals surface area contributed by atoms with Crippen LogP contribution in [0.4, 0.5) is 5.82 Å². The first-order valence-corrected chi connectivity index (χ1v) is 11.2. The number of sulfone groups is 1. The van der Waals surface area contributed by atoms with Crippen LogP contribution >= 0.6 is 11.6 Å². The molecule has 3 rings (SSSR count). The Morgan fingerprint density at radius 2 is 1.93 bits per heavy atom. The van der Waals surface area contributed by atoms with Gasteiger partial charge in [-0.05, 0) is 37.6 Å². The quantitative estimate of drug-likeness (QED) is 0.496. The first-order chi connectivity index (χ1) is 13.8. The van der Waals surface area contributed by atoms with Gasteiger partial charge in [0, 0.05) is 30.3 Å². The van der Waals surface area contributed by atoms with Crippen LogP contribution in [0.3, 0.4) is 0 Å². The van der Waals surface area contributed by atoms with Gasteiger partial charge in [-0.3, -0.25) is 9.59 Å². The number of rotatable bonds is 7. The number of amides is 2. The van der Waals surface area contributed by atoms with Crippen LogP contribution in [-0.2, 0) is 35.7 Å². The fourth-order valence-corrected chi connectivity index (χ4v) is 4.52.